The van der Waals surface area contributed by atoms with Crippen LogP contribution in [-0.4, -0.2) is 34.5 Å². The number of aromatic nitrogens is 2. The van der Waals surface area contributed by atoms with Crippen LogP contribution < -0.4 is 4.74 Å². The molecule has 2 aliphatic carbocycles. The Balaban J connectivity index is 1.32. The molecule has 1 aromatic heterocycles. The van der Waals surface area contributed by atoms with Gasteiger partial charge in [-0.2, -0.15) is 4.98 Å². The second-order valence-corrected chi connectivity index (χ2v) is 10.7. The van der Waals surface area contributed by atoms with E-state index in [0.29, 0.717) is 23.2 Å². The lowest BCUT2D eigenvalue weighted by Gasteiger charge is -2.58. The Kier molecular flexibility index (Phi) is 4.92. The molecule has 3 aliphatic rings. The van der Waals surface area contributed by atoms with Gasteiger partial charge in [0.2, 0.25) is 5.88 Å². The molecule has 4 heteroatoms. The first-order valence-electron chi connectivity index (χ1n) is 13.0. The SMILES string of the molecule is CN1CC[C@@]23CCCC[C@@H]2[C@@H]1Cc1ccc(Oc2nc(-c4ccccc4)nc4ccccc24)cc13. The number of piperidine rings is 1. The first kappa shape index (κ1) is 21.1. The van der Waals surface area contributed by atoms with Crippen molar-refractivity contribution < 1.29 is 4.74 Å². The lowest BCUT2D eigenvalue weighted by molar-refractivity contribution is 0.00276. The van der Waals surface area contributed by atoms with E-state index in [1.165, 1.54) is 44.2 Å². The van der Waals surface area contributed by atoms with Gasteiger partial charge in [-0.1, -0.05) is 61.4 Å². The van der Waals surface area contributed by atoms with Gasteiger partial charge >= 0.3 is 0 Å². The molecule has 4 aromatic rings. The van der Waals surface area contributed by atoms with Crippen LogP contribution in [0.25, 0.3) is 22.3 Å². The summed E-state index contributed by atoms with van der Waals surface area (Å²) in [4.78, 5) is 12.3. The van der Waals surface area contributed by atoms with Crippen LogP contribution >= 0.6 is 0 Å². The lowest BCUT2D eigenvalue weighted by atomic mass is 9.52. The second-order valence-electron chi connectivity index (χ2n) is 10.7. The minimum atomic E-state index is 0.311. The molecule has 1 saturated heterocycles. The molecule has 0 N–H and O–H groups in total. The smallest absolute Gasteiger partial charge is 0.230 e. The summed E-state index contributed by atoms with van der Waals surface area (Å²) < 4.78 is 6.59. The number of para-hydroxylation sites is 1. The summed E-state index contributed by atoms with van der Waals surface area (Å²) in [5.74, 6) is 2.98. The number of ether oxygens (including phenoxy) is 1. The maximum atomic E-state index is 6.59. The molecule has 2 heterocycles. The summed E-state index contributed by atoms with van der Waals surface area (Å²) in [7, 11) is 2.33. The molecule has 0 unspecified atom stereocenters. The van der Waals surface area contributed by atoms with Crippen molar-refractivity contribution >= 4 is 10.9 Å². The topological polar surface area (TPSA) is 38.2 Å². The number of likely N-dealkylation sites (tertiary alicyclic amines) is 1. The van der Waals surface area contributed by atoms with E-state index in [-0.39, 0.29) is 0 Å². The van der Waals surface area contributed by atoms with Crippen LogP contribution in [0.15, 0.2) is 72.8 Å². The minimum absolute atomic E-state index is 0.311. The van der Waals surface area contributed by atoms with Gasteiger partial charge in [-0.3, -0.25) is 0 Å². The summed E-state index contributed by atoms with van der Waals surface area (Å²) in [5, 5.41) is 0.943. The zero-order valence-corrected chi connectivity index (χ0v) is 20.3. The van der Waals surface area contributed by atoms with Crippen molar-refractivity contribution in [1.29, 1.82) is 0 Å². The van der Waals surface area contributed by atoms with E-state index in [4.69, 9.17) is 14.7 Å². The molecule has 1 saturated carbocycles. The van der Waals surface area contributed by atoms with Crippen molar-refractivity contribution in [1.82, 2.24) is 14.9 Å². The Morgan fingerprint density at radius 1 is 0.914 bits per heavy atom. The van der Waals surface area contributed by atoms with E-state index >= 15 is 0 Å². The molecule has 0 radical (unpaired) electrons. The van der Waals surface area contributed by atoms with Crippen molar-refractivity contribution in [3.63, 3.8) is 0 Å². The third kappa shape index (κ3) is 3.38. The van der Waals surface area contributed by atoms with E-state index < -0.39 is 0 Å². The number of nitrogens with zero attached hydrogens (tertiary/aromatic N) is 3. The number of fused-ring (bicyclic) bond motifs is 2. The van der Waals surface area contributed by atoms with Gasteiger partial charge in [0.25, 0.3) is 0 Å². The standard InChI is InChI=1S/C31H31N3O/c1-34-18-17-31-16-8-7-12-25(31)28(34)19-22-14-15-23(20-26(22)31)35-30-24-11-5-6-13-27(24)32-29(33-30)21-9-3-2-4-10-21/h2-6,9-11,13-15,20,25,28H,7-8,12,16-19H2,1H3/t25-,28+,31+/m1/s1. The first-order chi connectivity index (χ1) is 17.2. The predicted octanol–water partition coefficient (Wildman–Crippen LogP) is 6.78. The maximum Gasteiger partial charge on any atom is 0.230 e. The quantitative estimate of drug-likeness (QED) is 0.337. The van der Waals surface area contributed by atoms with Crippen LogP contribution in [0.3, 0.4) is 0 Å². The number of hydrogen-bond donors (Lipinski definition) is 0. The van der Waals surface area contributed by atoms with Crippen LogP contribution in [-0.2, 0) is 11.8 Å². The molecule has 3 aromatic carbocycles. The highest BCUT2D eigenvalue weighted by Crippen LogP contribution is 2.56. The Bertz CT molecular complexity index is 1400. The summed E-state index contributed by atoms with van der Waals surface area (Å²) >= 11 is 0. The average Bonchev–Trinajstić information content (AvgIpc) is 2.91. The van der Waals surface area contributed by atoms with Crippen LogP contribution in [0, 0.1) is 5.92 Å². The molecule has 176 valence electrons. The summed E-state index contributed by atoms with van der Waals surface area (Å²) in [5.41, 5.74) is 5.27. The van der Waals surface area contributed by atoms with Gasteiger partial charge in [-0.05, 0) is 80.6 Å². The van der Waals surface area contributed by atoms with Crippen molar-refractivity contribution in [3.8, 4) is 23.0 Å². The highest BCUT2D eigenvalue weighted by Gasteiger charge is 2.53. The van der Waals surface area contributed by atoms with Gasteiger partial charge in [0.05, 0.1) is 10.9 Å². The molecule has 35 heavy (non-hydrogen) atoms. The van der Waals surface area contributed by atoms with Gasteiger partial charge in [0, 0.05) is 17.0 Å². The second kappa shape index (κ2) is 8.17. The Labute approximate surface area is 207 Å². The average molecular weight is 462 g/mol. The van der Waals surface area contributed by atoms with E-state index in [1.54, 1.807) is 5.56 Å². The van der Waals surface area contributed by atoms with E-state index in [1.807, 2.05) is 48.5 Å². The first-order valence-corrected chi connectivity index (χ1v) is 13.0. The van der Waals surface area contributed by atoms with Gasteiger partial charge in [0.15, 0.2) is 5.82 Å². The third-order valence-corrected chi connectivity index (χ3v) is 8.90. The number of benzene rings is 3. The van der Waals surface area contributed by atoms with Crippen LogP contribution in [0.4, 0.5) is 0 Å². The van der Waals surface area contributed by atoms with Crippen LogP contribution in [0.1, 0.15) is 43.2 Å². The van der Waals surface area contributed by atoms with E-state index in [0.717, 1.165) is 34.6 Å². The molecule has 2 bridgehead atoms. The highest BCUT2D eigenvalue weighted by atomic mass is 16.5. The fourth-order valence-corrected chi connectivity index (χ4v) is 7.19. The molecule has 0 spiro atoms. The maximum absolute atomic E-state index is 6.59. The summed E-state index contributed by atoms with van der Waals surface area (Å²) in [6.45, 7) is 1.20. The van der Waals surface area contributed by atoms with Crippen molar-refractivity contribution in [2.45, 2.75) is 50.0 Å². The minimum Gasteiger partial charge on any atom is -0.438 e. The number of rotatable bonds is 3. The largest absolute Gasteiger partial charge is 0.438 e. The lowest BCUT2D eigenvalue weighted by Crippen LogP contribution is -2.59. The van der Waals surface area contributed by atoms with Crippen LogP contribution in [0.5, 0.6) is 11.6 Å². The Morgan fingerprint density at radius 2 is 1.77 bits per heavy atom. The monoisotopic (exact) mass is 461 g/mol. The molecule has 7 rings (SSSR count). The van der Waals surface area contributed by atoms with Crippen molar-refractivity contribution in [2.24, 2.45) is 5.92 Å². The molecule has 1 aliphatic heterocycles. The third-order valence-electron chi connectivity index (χ3n) is 8.90. The molecular formula is C31H31N3O. The summed E-state index contributed by atoms with van der Waals surface area (Å²) in [6.07, 6.45) is 7.80. The van der Waals surface area contributed by atoms with Gasteiger partial charge < -0.3 is 9.64 Å². The van der Waals surface area contributed by atoms with Gasteiger partial charge in [-0.25, -0.2) is 4.98 Å². The van der Waals surface area contributed by atoms with Crippen molar-refractivity contribution in [3.05, 3.63) is 83.9 Å². The van der Waals surface area contributed by atoms with E-state index in [2.05, 4.69) is 36.2 Å². The summed E-state index contributed by atoms with van der Waals surface area (Å²) in [6, 6.07) is 25.8. The normalized spacial score (nSPS) is 25.6. The Morgan fingerprint density at radius 3 is 2.69 bits per heavy atom. The predicted molar refractivity (Wildman–Crippen MR) is 140 cm³/mol. The van der Waals surface area contributed by atoms with E-state index in [9.17, 15) is 0 Å². The number of likely N-dealkylation sites (N-methyl/N-ethyl adjacent to an activating group) is 1. The highest BCUT2D eigenvalue weighted by molar-refractivity contribution is 5.85. The molecule has 4 nitrogen and oxygen atoms in total. The zero-order valence-electron chi connectivity index (χ0n) is 20.3. The fraction of sp³-hybridized carbons (Fsp3) is 0.355. The molecule has 3 atom stereocenters. The van der Waals surface area contributed by atoms with Gasteiger partial charge in [0.1, 0.15) is 5.75 Å². The number of hydrogen-bond acceptors (Lipinski definition) is 4. The fourth-order valence-electron chi connectivity index (χ4n) is 7.19. The zero-order chi connectivity index (χ0) is 23.4. The Hall–Kier alpha value is -3.24. The molecule has 0 amide bonds. The van der Waals surface area contributed by atoms with Crippen LogP contribution in [0.2, 0.25) is 0 Å². The van der Waals surface area contributed by atoms with Crippen molar-refractivity contribution in [2.75, 3.05) is 13.6 Å². The molecular weight excluding hydrogens is 430 g/mol. The van der Waals surface area contributed by atoms with Gasteiger partial charge in [-0.15, -0.1) is 0 Å². The molecule has 2 fully saturated rings.